The Balaban J connectivity index is 2.28. The first kappa shape index (κ1) is 15.9. The van der Waals surface area contributed by atoms with Crippen molar-refractivity contribution < 1.29 is 17.6 Å². The summed E-state index contributed by atoms with van der Waals surface area (Å²) >= 11 is 0. The van der Waals surface area contributed by atoms with Crippen LogP contribution in [0, 0.1) is 5.92 Å². The molecule has 3 nitrogen and oxygen atoms in total. The van der Waals surface area contributed by atoms with Crippen LogP contribution in [0.15, 0.2) is 27.4 Å². The highest BCUT2D eigenvalue weighted by atomic mass is 19.4. The molecule has 1 aliphatic rings. The van der Waals surface area contributed by atoms with Gasteiger partial charge in [0.15, 0.2) is 0 Å². The lowest BCUT2D eigenvalue weighted by Crippen LogP contribution is -2.27. The molecule has 6 heteroatoms. The number of fused-ring (bicyclic) bond motifs is 2. The molecule has 0 saturated carbocycles. The van der Waals surface area contributed by atoms with E-state index in [2.05, 4.69) is 12.2 Å². The first-order valence-electron chi connectivity index (χ1n) is 7.78. The second kappa shape index (κ2) is 5.58. The molecule has 2 atom stereocenters. The van der Waals surface area contributed by atoms with Crippen molar-refractivity contribution in [3.63, 3.8) is 0 Å². The van der Waals surface area contributed by atoms with Gasteiger partial charge >= 0.3 is 11.8 Å². The number of hydrogen-bond acceptors (Lipinski definition) is 3. The van der Waals surface area contributed by atoms with Crippen molar-refractivity contribution in [3.05, 3.63) is 39.7 Å². The molecule has 1 N–H and O–H groups in total. The lowest BCUT2D eigenvalue weighted by Gasteiger charge is -2.33. The summed E-state index contributed by atoms with van der Waals surface area (Å²) in [6, 6.07) is 3.60. The predicted octanol–water partition coefficient (Wildman–Crippen LogP) is 4.76. The summed E-state index contributed by atoms with van der Waals surface area (Å²) in [6.45, 7) is 4.90. The fourth-order valence-electron chi connectivity index (χ4n) is 3.54. The number of halogens is 3. The van der Waals surface area contributed by atoms with Gasteiger partial charge in [0, 0.05) is 29.8 Å². The molecule has 0 bridgehead atoms. The van der Waals surface area contributed by atoms with E-state index in [1.807, 2.05) is 6.92 Å². The van der Waals surface area contributed by atoms with E-state index in [1.165, 1.54) is 6.07 Å². The first-order valence-corrected chi connectivity index (χ1v) is 7.78. The van der Waals surface area contributed by atoms with Crippen LogP contribution >= 0.6 is 0 Å². The van der Waals surface area contributed by atoms with Crippen LogP contribution in [-0.4, -0.2) is 6.54 Å². The van der Waals surface area contributed by atoms with Crippen LogP contribution < -0.4 is 10.9 Å². The summed E-state index contributed by atoms with van der Waals surface area (Å²) in [6.07, 6.45) is -2.77. The van der Waals surface area contributed by atoms with Crippen LogP contribution in [0.4, 0.5) is 18.9 Å². The second-order valence-electron chi connectivity index (χ2n) is 5.98. The summed E-state index contributed by atoms with van der Waals surface area (Å²) in [4.78, 5) is 11.5. The Morgan fingerprint density at radius 2 is 1.96 bits per heavy atom. The quantitative estimate of drug-likeness (QED) is 0.810. The van der Waals surface area contributed by atoms with Gasteiger partial charge in [0.1, 0.15) is 5.58 Å². The van der Waals surface area contributed by atoms with E-state index >= 15 is 0 Å². The zero-order valence-corrected chi connectivity index (χ0v) is 13.0. The van der Waals surface area contributed by atoms with E-state index in [0.717, 1.165) is 30.6 Å². The van der Waals surface area contributed by atoms with Gasteiger partial charge in [-0.15, -0.1) is 0 Å². The van der Waals surface area contributed by atoms with Crippen LogP contribution in [0.25, 0.3) is 11.0 Å². The minimum Gasteiger partial charge on any atom is -0.423 e. The molecule has 0 fully saturated rings. The Hall–Kier alpha value is -1.98. The summed E-state index contributed by atoms with van der Waals surface area (Å²) < 4.78 is 44.8. The summed E-state index contributed by atoms with van der Waals surface area (Å²) in [5.74, 6) is 0.587. The van der Waals surface area contributed by atoms with Crippen molar-refractivity contribution in [2.75, 3.05) is 11.9 Å². The molecule has 0 unspecified atom stereocenters. The molecule has 1 aromatic carbocycles. The van der Waals surface area contributed by atoms with E-state index in [9.17, 15) is 18.0 Å². The first-order chi connectivity index (χ1) is 10.8. The zero-order chi connectivity index (χ0) is 16.8. The number of rotatable bonds is 2. The third kappa shape index (κ3) is 2.71. The van der Waals surface area contributed by atoms with Crippen LogP contribution in [0.5, 0.6) is 0 Å². The van der Waals surface area contributed by atoms with Gasteiger partial charge in [-0.2, -0.15) is 13.2 Å². The van der Waals surface area contributed by atoms with E-state index in [4.69, 9.17) is 4.42 Å². The van der Waals surface area contributed by atoms with Crippen molar-refractivity contribution in [3.8, 4) is 0 Å². The topological polar surface area (TPSA) is 42.2 Å². The van der Waals surface area contributed by atoms with E-state index in [1.54, 1.807) is 6.07 Å². The predicted molar refractivity (Wildman–Crippen MR) is 82.8 cm³/mol. The monoisotopic (exact) mass is 325 g/mol. The normalized spacial score (nSPS) is 21.1. The Labute approximate surface area is 131 Å². The maximum Gasteiger partial charge on any atom is 0.417 e. The molecule has 0 amide bonds. The highest BCUT2D eigenvalue weighted by Crippen LogP contribution is 2.43. The summed E-state index contributed by atoms with van der Waals surface area (Å²) in [7, 11) is 0. The van der Waals surface area contributed by atoms with Gasteiger partial charge in [-0.25, -0.2) is 4.79 Å². The Bertz CT molecular complexity index is 795. The maximum absolute atomic E-state index is 13.3. The number of anilines is 1. The number of benzene rings is 1. The van der Waals surface area contributed by atoms with Gasteiger partial charge in [0.05, 0.1) is 5.56 Å². The molecule has 0 aliphatic carbocycles. The second-order valence-corrected chi connectivity index (χ2v) is 5.98. The SMILES string of the molecule is CC[C@@H]1CNc2cc3oc(=O)cc(C(F)(F)F)c3cc2[C@H]1CC. The minimum atomic E-state index is -4.59. The van der Waals surface area contributed by atoms with Crippen LogP contribution in [-0.2, 0) is 6.18 Å². The molecule has 0 spiro atoms. The van der Waals surface area contributed by atoms with Gasteiger partial charge in [-0.3, -0.25) is 0 Å². The molecular weight excluding hydrogens is 307 g/mol. The maximum atomic E-state index is 13.3. The van der Waals surface area contributed by atoms with Gasteiger partial charge in [-0.1, -0.05) is 20.3 Å². The highest BCUT2D eigenvalue weighted by Gasteiger charge is 2.35. The van der Waals surface area contributed by atoms with Gasteiger partial charge in [0.2, 0.25) is 0 Å². The molecule has 124 valence electrons. The fourth-order valence-corrected chi connectivity index (χ4v) is 3.54. The average Bonchev–Trinajstić information content (AvgIpc) is 2.50. The van der Waals surface area contributed by atoms with Crippen LogP contribution in [0.2, 0.25) is 0 Å². The molecule has 2 aromatic rings. The van der Waals surface area contributed by atoms with E-state index < -0.39 is 17.4 Å². The molecule has 2 heterocycles. The van der Waals surface area contributed by atoms with Crippen molar-refractivity contribution in [2.45, 2.75) is 38.8 Å². The Morgan fingerprint density at radius 1 is 1.22 bits per heavy atom. The summed E-state index contributed by atoms with van der Waals surface area (Å²) in [5, 5.41) is 3.21. The van der Waals surface area contributed by atoms with Gasteiger partial charge in [0.25, 0.3) is 0 Å². The zero-order valence-electron chi connectivity index (χ0n) is 13.0. The summed E-state index contributed by atoms with van der Waals surface area (Å²) in [5.41, 5.74) is -0.311. The van der Waals surface area contributed by atoms with Crippen molar-refractivity contribution in [2.24, 2.45) is 5.92 Å². The highest BCUT2D eigenvalue weighted by molar-refractivity contribution is 5.86. The Kier molecular flexibility index (Phi) is 3.86. The van der Waals surface area contributed by atoms with E-state index in [0.29, 0.717) is 12.0 Å². The average molecular weight is 325 g/mol. The number of hydrogen-bond donors (Lipinski definition) is 1. The minimum absolute atomic E-state index is 0.0270. The van der Waals surface area contributed by atoms with Crippen LogP contribution in [0.1, 0.15) is 43.7 Å². The fraction of sp³-hybridized carbons (Fsp3) is 0.471. The molecule has 3 rings (SSSR count). The van der Waals surface area contributed by atoms with E-state index in [-0.39, 0.29) is 16.9 Å². The third-order valence-corrected chi connectivity index (χ3v) is 4.71. The van der Waals surface area contributed by atoms with Crippen molar-refractivity contribution in [1.29, 1.82) is 0 Å². The van der Waals surface area contributed by atoms with Crippen molar-refractivity contribution >= 4 is 16.7 Å². The molecular formula is C17H18F3NO2. The van der Waals surface area contributed by atoms with Crippen LogP contribution in [0.3, 0.4) is 0 Å². The number of nitrogens with one attached hydrogen (secondary N) is 1. The molecule has 1 aliphatic heterocycles. The molecule has 23 heavy (non-hydrogen) atoms. The van der Waals surface area contributed by atoms with Crippen molar-refractivity contribution in [1.82, 2.24) is 0 Å². The smallest absolute Gasteiger partial charge is 0.417 e. The lowest BCUT2D eigenvalue weighted by molar-refractivity contribution is -0.136. The van der Waals surface area contributed by atoms with Gasteiger partial charge in [-0.05, 0) is 29.9 Å². The van der Waals surface area contributed by atoms with Gasteiger partial charge < -0.3 is 9.73 Å². The third-order valence-electron chi connectivity index (χ3n) is 4.71. The molecule has 0 radical (unpaired) electrons. The number of alkyl halides is 3. The lowest BCUT2D eigenvalue weighted by atomic mass is 9.78. The molecule has 0 saturated heterocycles. The molecule has 1 aromatic heterocycles. The largest absolute Gasteiger partial charge is 0.423 e. The standard InChI is InChI=1S/C17H18F3NO2/c1-3-9-8-21-14-7-15-12(5-11(14)10(9)4-2)13(17(18,19)20)6-16(22)23-15/h5-7,9-10,21H,3-4,8H2,1-2H3/t9-,10+/m1/s1. The Morgan fingerprint density at radius 3 is 2.57 bits per heavy atom.